The lowest BCUT2D eigenvalue weighted by atomic mass is 10.0. The summed E-state index contributed by atoms with van der Waals surface area (Å²) >= 11 is 14.8. The number of carbonyl (C=O) groups is 1. The lowest BCUT2D eigenvalue weighted by molar-refractivity contribution is -0.899. The van der Waals surface area contributed by atoms with Crippen molar-refractivity contribution in [3.8, 4) is 10.6 Å². The number of hydrogen-bond acceptors (Lipinski definition) is 7. The Balaban J connectivity index is 1.40. The average Bonchev–Trinajstić information content (AvgIpc) is 3.24. The van der Waals surface area contributed by atoms with Crippen LogP contribution < -0.4 is 5.73 Å². The first-order valence-electron chi connectivity index (χ1n) is 10.4. The summed E-state index contributed by atoms with van der Waals surface area (Å²) in [5, 5.41) is 23.5. The Morgan fingerprint density at radius 1 is 1.21 bits per heavy atom. The molecule has 2 N–H and O–H groups in total. The van der Waals surface area contributed by atoms with Crippen LogP contribution in [0.5, 0.6) is 0 Å². The van der Waals surface area contributed by atoms with Crippen LogP contribution in [0.4, 0.5) is 5.69 Å². The number of rotatable bonds is 6. The molecule has 0 spiro atoms. The zero-order valence-electron chi connectivity index (χ0n) is 17.9. The predicted octanol–water partition coefficient (Wildman–Crippen LogP) is 5.63. The lowest BCUT2D eigenvalue weighted by Crippen LogP contribution is -2.52. The van der Waals surface area contributed by atoms with Crippen molar-refractivity contribution in [1.82, 2.24) is 14.5 Å². The quantitative estimate of drug-likeness (QED) is 0.195. The van der Waals surface area contributed by atoms with E-state index in [2.05, 4.69) is 10.2 Å². The summed E-state index contributed by atoms with van der Waals surface area (Å²) in [7, 11) is 0. The highest BCUT2D eigenvalue weighted by molar-refractivity contribution is 7.99. The summed E-state index contributed by atoms with van der Waals surface area (Å²) in [6.45, 7) is 2.70. The first-order chi connectivity index (χ1) is 15.7. The van der Waals surface area contributed by atoms with Crippen molar-refractivity contribution in [2.24, 2.45) is 0 Å². The molecule has 0 radical (unpaired) electrons. The number of nitrogens with zero attached hydrogens (tertiary/aromatic N) is 4. The molecule has 33 heavy (non-hydrogen) atoms. The van der Waals surface area contributed by atoms with Gasteiger partial charge in [-0.1, -0.05) is 52.7 Å². The molecule has 1 aliphatic heterocycles. The first-order valence-corrected chi connectivity index (χ1v) is 12.8. The second-order valence-electron chi connectivity index (χ2n) is 8.08. The number of benzene rings is 2. The Labute approximate surface area is 210 Å². The summed E-state index contributed by atoms with van der Waals surface area (Å²) in [5.41, 5.74) is 8.27. The van der Waals surface area contributed by atoms with Gasteiger partial charge in [-0.3, -0.25) is 9.10 Å². The third-order valence-corrected chi connectivity index (χ3v) is 8.52. The molecule has 11 heteroatoms. The van der Waals surface area contributed by atoms with E-state index in [-0.39, 0.29) is 16.6 Å². The van der Waals surface area contributed by atoms with Crippen molar-refractivity contribution in [3.63, 3.8) is 0 Å². The minimum atomic E-state index is -0.344. The summed E-state index contributed by atoms with van der Waals surface area (Å²) < 4.78 is 2.06. The van der Waals surface area contributed by atoms with Crippen molar-refractivity contribution in [2.45, 2.75) is 36.7 Å². The van der Waals surface area contributed by atoms with E-state index in [0.29, 0.717) is 52.5 Å². The van der Waals surface area contributed by atoms with Crippen molar-refractivity contribution < 1.29 is 9.44 Å². The molecule has 3 aromatic rings. The van der Waals surface area contributed by atoms with Crippen LogP contribution in [0.25, 0.3) is 10.6 Å². The Kier molecular flexibility index (Phi) is 7.47. The zero-order valence-corrected chi connectivity index (χ0v) is 21.1. The van der Waals surface area contributed by atoms with Gasteiger partial charge in [-0.15, -0.1) is 10.2 Å². The summed E-state index contributed by atoms with van der Waals surface area (Å²) in [5.74, 6) is -0.0684. The molecule has 0 aliphatic carbocycles. The van der Waals surface area contributed by atoms with E-state index >= 15 is 0 Å². The second kappa shape index (κ2) is 10.2. The van der Waals surface area contributed by atoms with E-state index in [0.717, 1.165) is 16.1 Å². The van der Waals surface area contributed by atoms with Gasteiger partial charge in [0, 0.05) is 48.5 Å². The maximum Gasteiger partial charge on any atom is 0.229 e. The van der Waals surface area contributed by atoms with Crippen LogP contribution >= 0.6 is 46.5 Å². The second-order valence-corrected chi connectivity index (χ2v) is 11.1. The number of amides is 1. The highest BCUT2D eigenvalue weighted by Gasteiger charge is 2.33. The fourth-order valence-corrected chi connectivity index (χ4v) is 6.16. The fraction of sp³-hybridized carbons (Fsp3) is 0.318. The van der Waals surface area contributed by atoms with Crippen LogP contribution in [-0.4, -0.2) is 44.2 Å². The first kappa shape index (κ1) is 24.3. The molecule has 174 valence electrons. The van der Waals surface area contributed by atoms with Crippen LogP contribution in [0, 0.1) is 5.21 Å². The standard InChI is InChI=1S/C22H23Cl2N5O2S2/c1-14(30)28(33-22-27-26-21(32-22)16-3-2-4-17(25)12-16)18-7-9-29(31,10-8-18)13-15-5-6-19(23)20(24)11-15/h2-6,11-12,18H,7-10,13,25H2,1H3. The molecule has 0 atom stereocenters. The van der Waals surface area contributed by atoms with E-state index in [4.69, 9.17) is 28.9 Å². The van der Waals surface area contributed by atoms with Crippen LogP contribution in [0.1, 0.15) is 25.3 Å². The molecule has 4 rings (SSSR count). The number of nitrogen functional groups attached to an aromatic ring is 1. The maximum absolute atomic E-state index is 13.3. The van der Waals surface area contributed by atoms with Crippen molar-refractivity contribution in [1.29, 1.82) is 0 Å². The molecule has 1 aliphatic rings. The number of hydroxylamine groups is 3. The van der Waals surface area contributed by atoms with Crippen molar-refractivity contribution in [2.75, 3.05) is 18.8 Å². The number of nitrogens with two attached hydrogens (primary N) is 1. The zero-order chi connectivity index (χ0) is 23.6. The minimum Gasteiger partial charge on any atom is -0.633 e. The van der Waals surface area contributed by atoms with Gasteiger partial charge >= 0.3 is 0 Å². The van der Waals surface area contributed by atoms with E-state index in [1.54, 1.807) is 16.4 Å². The predicted molar refractivity (Wildman–Crippen MR) is 135 cm³/mol. The molecule has 0 unspecified atom stereocenters. The molecular weight excluding hydrogens is 501 g/mol. The van der Waals surface area contributed by atoms with E-state index in [9.17, 15) is 10.0 Å². The van der Waals surface area contributed by atoms with Crippen LogP contribution in [-0.2, 0) is 11.3 Å². The highest BCUT2D eigenvalue weighted by atomic mass is 35.5. The molecular formula is C22H23Cl2N5O2S2. The number of halogens is 2. The third kappa shape index (κ3) is 5.98. The van der Waals surface area contributed by atoms with Crippen LogP contribution in [0.2, 0.25) is 10.0 Å². The molecule has 1 saturated heterocycles. The number of likely N-dealkylation sites (tertiary alicyclic amines) is 1. The van der Waals surface area contributed by atoms with Gasteiger partial charge in [0.05, 0.1) is 29.2 Å². The fourth-order valence-electron chi connectivity index (χ4n) is 3.90. The van der Waals surface area contributed by atoms with Crippen LogP contribution in [0.3, 0.4) is 0 Å². The minimum absolute atomic E-state index is 0.0405. The van der Waals surface area contributed by atoms with Gasteiger partial charge in [0.25, 0.3) is 0 Å². The molecule has 1 amide bonds. The third-order valence-electron chi connectivity index (χ3n) is 5.55. The van der Waals surface area contributed by atoms with Gasteiger partial charge < -0.3 is 15.6 Å². The van der Waals surface area contributed by atoms with Crippen molar-refractivity contribution in [3.05, 3.63) is 63.3 Å². The Morgan fingerprint density at radius 2 is 1.97 bits per heavy atom. The number of anilines is 1. The summed E-state index contributed by atoms with van der Waals surface area (Å²) in [6, 6.07) is 12.7. The molecule has 0 bridgehead atoms. The number of piperidine rings is 1. The monoisotopic (exact) mass is 523 g/mol. The molecule has 1 aromatic heterocycles. The van der Waals surface area contributed by atoms with Gasteiger partial charge in [-0.2, -0.15) is 0 Å². The molecule has 1 fully saturated rings. The van der Waals surface area contributed by atoms with Gasteiger partial charge in [-0.25, -0.2) is 0 Å². The topological polar surface area (TPSA) is 95.2 Å². The Hall–Kier alpha value is -1.88. The van der Waals surface area contributed by atoms with Gasteiger partial charge in [0.2, 0.25) is 5.91 Å². The molecule has 0 saturated carbocycles. The van der Waals surface area contributed by atoms with E-state index < -0.39 is 0 Å². The SMILES string of the molecule is CC(=O)N(Sc1nnc(-c2cccc(N)c2)s1)C1CC[N+]([O-])(Cc2ccc(Cl)c(Cl)c2)CC1. The van der Waals surface area contributed by atoms with Gasteiger partial charge in [-0.05, 0) is 24.3 Å². The van der Waals surface area contributed by atoms with Gasteiger partial charge in [0.15, 0.2) is 4.34 Å². The maximum atomic E-state index is 13.3. The molecule has 2 aromatic carbocycles. The number of carbonyl (C=O) groups excluding carboxylic acids is 1. The summed E-state index contributed by atoms with van der Waals surface area (Å²) in [6.07, 6.45) is 1.22. The largest absolute Gasteiger partial charge is 0.633 e. The average molecular weight is 524 g/mol. The van der Waals surface area contributed by atoms with E-state index in [1.807, 2.05) is 30.3 Å². The van der Waals surface area contributed by atoms with E-state index in [1.165, 1.54) is 30.2 Å². The smallest absolute Gasteiger partial charge is 0.229 e. The Bertz CT molecular complexity index is 1150. The summed E-state index contributed by atoms with van der Waals surface area (Å²) in [4.78, 5) is 12.4. The Morgan fingerprint density at radius 3 is 2.64 bits per heavy atom. The number of hydrogen-bond donors (Lipinski definition) is 1. The number of aromatic nitrogens is 2. The highest BCUT2D eigenvalue weighted by Crippen LogP contribution is 2.36. The van der Waals surface area contributed by atoms with Crippen LogP contribution in [0.15, 0.2) is 46.8 Å². The molecule has 7 nitrogen and oxygen atoms in total. The number of quaternary nitrogens is 1. The molecule has 2 heterocycles. The lowest BCUT2D eigenvalue weighted by Gasteiger charge is -2.48. The van der Waals surface area contributed by atoms with Crippen molar-refractivity contribution >= 4 is 58.1 Å². The normalized spacial score (nSPS) is 20.5. The van der Waals surface area contributed by atoms with Gasteiger partial charge in [0.1, 0.15) is 11.6 Å².